The minimum absolute atomic E-state index is 0.378. The Balaban J connectivity index is 1.68. The normalized spacial score (nSPS) is 14.2. The van der Waals surface area contributed by atoms with Crippen molar-refractivity contribution in [1.82, 2.24) is 0 Å². The van der Waals surface area contributed by atoms with E-state index < -0.39 is 0 Å². The molecule has 0 aromatic heterocycles. The van der Waals surface area contributed by atoms with Crippen LogP contribution in [0.2, 0.25) is 0 Å². The average molecular weight is 311 g/mol. The summed E-state index contributed by atoms with van der Waals surface area (Å²) in [5, 5.41) is 3.09. The van der Waals surface area contributed by atoms with Gasteiger partial charge in [-0.1, -0.05) is 24.3 Å². The maximum absolute atomic E-state index is 5.98. The summed E-state index contributed by atoms with van der Waals surface area (Å²) >= 11 is 0. The van der Waals surface area contributed by atoms with Gasteiger partial charge in [0.2, 0.25) is 0 Å². The molecule has 5 nitrogen and oxygen atoms in total. The smallest absolute Gasteiger partial charge is 0.193 e. The molecule has 0 aliphatic carbocycles. The van der Waals surface area contributed by atoms with E-state index in [0.717, 1.165) is 29.2 Å². The fraction of sp³-hybridized carbons (Fsp3) is 0.278. The van der Waals surface area contributed by atoms with Crippen LogP contribution in [0.1, 0.15) is 17.5 Å². The van der Waals surface area contributed by atoms with Crippen molar-refractivity contribution in [1.29, 1.82) is 0 Å². The number of guanidine groups is 1. The van der Waals surface area contributed by atoms with Crippen molar-refractivity contribution in [2.24, 2.45) is 10.7 Å². The summed E-state index contributed by atoms with van der Waals surface area (Å²) in [7, 11) is 0. The fourth-order valence-corrected chi connectivity index (χ4v) is 2.39. The average Bonchev–Trinajstić information content (AvgIpc) is 2.79. The van der Waals surface area contributed by atoms with Gasteiger partial charge in [-0.05, 0) is 30.2 Å². The van der Waals surface area contributed by atoms with E-state index in [4.69, 9.17) is 15.2 Å². The van der Waals surface area contributed by atoms with E-state index in [9.17, 15) is 0 Å². The first-order valence-corrected chi connectivity index (χ1v) is 7.73. The number of rotatable bonds is 3. The van der Waals surface area contributed by atoms with Crippen molar-refractivity contribution < 1.29 is 9.47 Å². The first kappa shape index (κ1) is 15.2. The lowest BCUT2D eigenvalue weighted by atomic mass is 10.1. The molecular formula is C18H21N3O2. The molecule has 0 amide bonds. The minimum atomic E-state index is 0.378. The Morgan fingerprint density at radius 1 is 1.13 bits per heavy atom. The van der Waals surface area contributed by atoms with E-state index in [1.807, 2.05) is 30.3 Å². The number of nitrogens with zero attached hydrogens (tertiary/aromatic N) is 1. The van der Waals surface area contributed by atoms with Crippen LogP contribution < -0.4 is 20.5 Å². The van der Waals surface area contributed by atoms with Gasteiger partial charge in [-0.15, -0.1) is 0 Å². The number of ether oxygens (including phenoxy) is 2. The Hall–Kier alpha value is -2.69. The van der Waals surface area contributed by atoms with E-state index in [1.54, 1.807) is 0 Å². The van der Waals surface area contributed by atoms with Crippen molar-refractivity contribution in [3.8, 4) is 11.5 Å². The zero-order valence-corrected chi connectivity index (χ0v) is 13.2. The molecule has 1 aliphatic rings. The topological polar surface area (TPSA) is 68.9 Å². The summed E-state index contributed by atoms with van der Waals surface area (Å²) in [6, 6.07) is 13.8. The molecule has 0 unspecified atom stereocenters. The second-order valence-corrected chi connectivity index (χ2v) is 5.46. The van der Waals surface area contributed by atoms with Gasteiger partial charge in [0.05, 0.1) is 19.8 Å². The molecule has 0 radical (unpaired) electrons. The van der Waals surface area contributed by atoms with Crippen molar-refractivity contribution in [2.45, 2.75) is 19.9 Å². The van der Waals surface area contributed by atoms with Gasteiger partial charge >= 0.3 is 0 Å². The van der Waals surface area contributed by atoms with Gasteiger partial charge in [0.1, 0.15) is 0 Å². The molecular weight excluding hydrogens is 290 g/mol. The Labute approximate surface area is 136 Å². The van der Waals surface area contributed by atoms with Crippen LogP contribution >= 0.6 is 0 Å². The van der Waals surface area contributed by atoms with Crippen LogP contribution in [0, 0.1) is 6.92 Å². The lowest BCUT2D eigenvalue weighted by Crippen LogP contribution is -2.22. The third-order valence-electron chi connectivity index (χ3n) is 3.70. The van der Waals surface area contributed by atoms with E-state index in [2.05, 4.69) is 29.4 Å². The van der Waals surface area contributed by atoms with Gasteiger partial charge in [0, 0.05) is 18.2 Å². The van der Waals surface area contributed by atoms with Crippen LogP contribution in [-0.2, 0) is 6.54 Å². The summed E-state index contributed by atoms with van der Waals surface area (Å²) in [6.07, 6.45) is 0.886. The molecule has 0 bridgehead atoms. The second kappa shape index (κ2) is 7.05. The van der Waals surface area contributed by atoms with Crippen LogP contribution in [-0.4, -0.2) is 19.2 Å². The predicted octanol–water partition coefficient (Wildman–Crippen LogP) is 3.08. The maximum Gasteiger partial charge on any atom is 0.193 e. The molecule has 120 valence electrons. The standard InChI is InChI=1S/C18H21N3O2/c1-13-5-2-3-6-14(13)12-20-18(19)21-15-7-8-16-17(11-15)23-10-4-9-22-16/h2-3,5-8,11H,4,9-10,12H2,1H3,(H3,19,20,21). The Morgan fingerprint density at radius 2 is 1.91 bits per heavy atom. The number of aliphatic imine (C=N–C) groups is 1. The largest absolute Gasteiger partial charge is 0.490 e. The number of hydrogen-bond acceptors (Lipinski definition) is 3. The second-order valence-electron chi connectivity index (χ2n) is 5.46. The molecule has 1 heterocycles. The molecule has 2 aromatic rings. The number of hydrogen-bond donors (Lipinski definition) is 2. The first-order chi connectivity index (χ1) is 11.2. The molecule has 0 spiro atoms. The molecule has 2 aromatic carbocycles. The zero-order chi connectivity index (χ0) is 16.1. The lowest BCUT2D eigenvalue weighted by molar-refractivity contribution is 0.297. The SMILES string of the molecule is Cc1ccccc1CN=C(N)Nc1ccc2c(c1)OCCCO2. The first-order valence-electron chi connectivity index (χ1n) is 7.73. The molecule has 0 fully saturated rings. The summed E-state index contributed by atoms with van der Waals surface area (Å²) in [4.78, 5) is 4.39. The van der Waals surface area contributed by atoms with Crippen molar-refractivity contribution in [2.75, 3.05) is 18.5 Å². The number of nitrogens with one attached hydrogen (secondary N) is 1. The molecule has 5 heteroatoms. The van der Waals surface area contributed by atoms with Gasteiger partial charge in [-0.3, -0.25) is 0 Å². The van der Waals surface area contributed by atoms with E-state index in [-0.39, 0.29) is 0 Å². The number of aryl methyl sites for hydroxylation is 1. The Kier molecular flexibility index (Phi) is 4.66. The summed E-state index contributed by atoms with van der Waals surface area (Å²) in [5.41, 5.74) is 9.18. The van der Waals surface area contributed by atoms with Crippen molar-refractivity contribution in [3.63, 3.8) is 0 Å². The molecule has 1 aliphatic heterocycles. The third-order valence-corrected chi connectivity index (χ3v) is 3.70. The number of fused-ring (bicyclic) bond motifs is 1. The molecule has 3 rings (SSSR count). The van der Waals surface area contributed by atoms with Crippen LogP contribution in [0.25, 0.3) is 0 Å². The van der Waals surface area contributed by atoms with Crippen LogP contribution in [0.3, 0.4) is 0 Å². The van der Waals surface area contributed by atoms with Gasteiger partial charge in [-0.25, -0.2) is 4.99 Å². The van der Waals surface area contributed by atoms with Gasteiger partial charge in [-0.2, -0.15) is 0 Å². The minimum Gasteiger partial charge on any atom is -0.490 e. The highest BCUT2D eigenvalue weighted by Crippen LogP contribution is 2.32. The maximum atomic E-state index is 5.98. The van der Waals surface area contributed by atoms with Gasteiger partial charge in [0.25, 0.3) is 0 Å². The van der Waals surface area contributed by atoms with Crippen LogP contribution in [0.5, 0.6) is 11.5 Å². The monoisotopic (exact) mass is 311 g/mol. The van der Waals surface area contributed by atoms with Crippen molar-refractivity contribution in [3.05, 3.63) is 53.6 Å². The zero-order valence-electron chi connectivity index (χ0n) is 13.2. The number of anilines is 1. The third kappa shape index (κ3) is 3.94. The lowest BCUT2D eigenvalue weighted by Gasteiger charge is -2.11. The molecule has 0 saturated carbocycles. The van der Waals surface area contributed by atoms with E-state index >= 15 is 0 Å². The van der Waals surface area contributed by atoms with E-state index in [0.29, 0.717) is 25.7 Å². The Morgan fingerprint density at radius 3 is 2.74 bits per heavy atom. The number of benzene rings is 2. The highest BCUT2D eigenvalue weighted by atomic mass is 16.5. The highest BCUT2D eigenvalue weighted by molar-refractivity contribution is 5.92. The van der Waals surface area contributed by atoms with Gasteiger partial charge < -0.3 is 20.5 Å². The highest BCUT2D eigenvalue weighted by Gasteiger charge is 2.10. The molecule has 0 saturated heterocycles. The molecule has 0 atom stereocenters. The quantitative estimate of drug-likeness (QED) is 0.675. The fourth-order valence-electron chi connectivity index (χ4n) is 2.39. The van der Waals surface area contributed by atoms with E-state index in [1.165, 1.54) is 5.56 Å². The predicted molar refractivity (Wildman–Crippen MR) is 92.2 cm³/mol. The summed E-state index contributed by atoms with van der Waals surface area (Å²) in [5.74, 6) is 1.88. The van der Waals surface area contributed by atoms with Crippen molar-refractivity contribution >= 4 is 11.6 Å². The number of nitrogens with two attached hydrogens (primary N) is 1. The summed E-state index contributed by atoms with van der Waals surface area (Å²) < 4.78 is 11.3. The molecule has 3 N–H and O–H groups in total. The summed E-state index contributed by atoms with van der Waals surface area (Å²) in [6.45, 7) is 3.96. The Bertz CT molecular complexity index is 713. The van der Waals surface area contributed by atoms with Crippen LogP contribution in [0.15, 0.2) is 47.5 Å². The van der Waals surface area contributed by atoms with Crippen LogP contribution in [0.4, 0.5) is 5.69 Å². The van der Waals surface area contributed by atoms with Gasteiger partial charge in [0.15, 0.2) is 17.5 Å². The molecule has 23 heavy (non-hydrogen) atoms.